The van der Waals surface area contributed by atoms with Gasteiger partial charge in [-0.25, -0.2) is 4.79 Å². The first kappa shape index (κ1) is 13.3. The van der Waals surface area contributed by atoms with Crippen molar-refractivity contribution in [3.63, 3.8) is 0 Å². The zero-order valence-electron chi connectivity index (χ0n) is 11.9. The van der Waals surface area contributed by atoms with Crippen molar-refractivity contribution in [1.82, 2.24) is 5.32 Å². The van der Waals surface area contributed by atoms with Crippen LogP contribution in [0.4, 0.5) is 16.2 Å². The minimum Gasteiger partial charge on any atom is -0.372 e. The van der Waals surface area contributed by atoms with Gasteiger partial charge in [0, 0.05) is 30.5 Å². The molecule has 1 aromatic carbocycles. The first-order chi connectivity index (χ1) is 9.81. The Hall–Kier alpha value is -1.71. The van der Waals surface area contributed by atoms with Crippen molar-refractivity contribution in [2.24, 2.45) is 0 Å². The molecule has 2 fully saturated rings. The van der Waals surface area contributed by atoms with E-state index in [0.717, 1.165) is 31.6 Å². The summed E-state index contributed by atoms with van der Waals surface area (Å²) in [6.45, 7) is 2.30. The predicted molar refractivity (Wildman–Crippen MR) is 82.3 cm³/mol. The highest BCUT2D eigenvalue weighted by Crippen LogP contribution is 2.22. The van der Waals surface area contributed by atoms with Crippen LogP contribution in [0.2, 0.25) is 0 Å². The Morgan fingerprint density at radius 1 is 1.00 bits per heavy atom. The van der Waals surface area contributed by atoms with Crippen molar-refractivity contribution in [2.45, 2.75) is 44.6 Å². The van der Waals surface area contributed by atoms with E-state index in [2.05, 4.69) is 27.7 Å². The molecule has 1 heterocycles. The number of urea groups is 1. The monoisotopic (exact) mass is 273 g/mol. The maximum Gasteiger partial charge on any atom is 0.319 e. The van der Waals surface area contributed by atoms with Crippen molar-refractivity contribution in [3.05, 3.63) is 24.3 Å². The quantitative estimate of drug-likeness (QED) is 0.887. The lowest BCUT2D eigenvalue weighted by Gasteiger charge is -2.22. The van der Waals surface area contributed by atoms with E-state index in [0.29, 0.717) is 6.04 Å². The summed E-state index contributed by atoms with van der Waals surface area (Å²) in [6.07, 6.45) is 7.48. The molecule has 4 heteroatoms. The molecule has 1 aromatic rings. The van der Waals surface area contributed by atoms with Gasteiger partial charge in [-0.1, -0.05) is 12.8 Å². The molecule has 2 N–H and O–H groups in total. The van der Waals surface area contributed by atoms with Crippen LogP contribution >= 0.6 is 0 Å². The number of nitrogens with one attached hydrogen (secondary N) is 2. The molecule has 2 aliphatic rings. The Morgan fingerprint density at radius 2 is 1.65 bits per heavy atom. The zero-order valence-corrected chi connectivity index (χ0v) is 11.9. The van der Waals surface area contributed by atoms with Crippen LogP contribution in [-0.2, 0) is 0 Å². The number of hydrogen-bond donors (Lipinski definition) is 2. The maximum absolute atomic E-state index is 11.7. The number of amides is 2. The lowest BCUT2D eigenvalue weighted by Crippen LogP contribution is -2.30. The zero-order chi connectivity index (χ0) is 13.8. The number of nitrogens with zero attached hydrogens (tertiary/aromatic N) is 1. The summed E-state index contributed by atoms with van der Waals surface area (Å²) in [5.74, 6) is 0. The van der Waals surface area contributed by atoms with Crippen LogP contribution in [0.3, 0.4) is 0 Å². The second kappa shape index (κ2) is 6.16. The topological polar surface area (TPSA) is 44.4 Å². The molecular formula is C16H23N3O. The smallest absolute Gasteiger partial charge is 0.319 e. The summed E-state index contributed by atoms with van der Waals surface area (Å²) in [5.41, 5.74) is 2.13. The Kier molecular flexibility index (Phi) is 4.09. The van der Waals surface area contributed by atoms with E-state index in [4.69, 9.17) is 0 Å². The molecule has 108 valence electrons. The highest BCUT2D eigenvalue weighted by molar-refractivity contribution is 5.89. The largest absolute Gasteiger partial charge is 0.372 e. The van der Waals surface area contributed by atoms with E-state index in [1.165, 1.54) is 31.4 Å². The molecule has 1 saturated carbocycles. The Balaban J connectivity index is 1.56. The molecule has 0 aromatic heterocycles. The molecule has 0 spiro atoms. The molecule has 2 amide bonds. The molecule has 20 heavy (non-hydrogen) atoms. The molecule has 0 bridgehead atoms. The minimum atomic E-state index is -0.0879. The van der Waals surface area contributed by atoms with Crippen LogP contribution in [0, 0.1) is 0 Å². The molecule has 0 unspecified atom stereocenters. The van der Waals surface area contributed by atoms with Gasteiger partial charge >= 0.3 is 6.03 Å². The fraction of sp³-hybridized carbons (Fsp3) is 0.562. The van der Waals surface area contributed by atoms with Crippen LogP contribution in [0.25, 0.3) is 0 Å². The van der Waals surface area contributed by atoms with Crippen molar-refractivity contribution in [3.8, 4) is 0 Å². The fourth-order valence-electron chi connectivity index (χ4n) is 2.66. The highest BCUT2D eigenvalue weighted by Gasteiger charge is 2.23. The molecule has 1 aliphatic carbocycles. The van der Waals surface area contributed by atoms with E-state index < -0.39 is 0 Å². The summed E-state index contributed by atoms with van der Waals surface area (Å²) in [6, 6.07) is 8.51. The highest BCUT2D eigenvalue weighted by atomic mass is 16.2. The van der Waals surface area contributed by atoms with Gasteiger partial charge in [0.1, 0.15) is 0 Å². The van der Waals surface area contributed by atoms with Gasteiger partial charge in [0.25, 0.3) is 0 Å². The fourth-order valence-corrected chi connectivity index (χ4v) is 2.66. The van der Waals surface area contributed by atoms with Crippen LogP contribution in [-0.4, -0.2) is 25.2 Å². The number of carbonyl (C=O) groups excluding carboxylic acids is 1. The van der Waals surface area contributed by atoms with Crippen molar-refractivity contribution >= 4 is 17.4 Å². The van der Waals surface area contributed by atoms with Crippen LogP contribution in [0.15, 0.2) is 24.3 Å². The predicted octanol–water partition coefficient (Wildman–Crippen LogP) is 3.35. The molecule has 1 saturated heterocycles. The normalized spacial score (nSPS) is 19.3. The van der Waals surface area contributed by atoms with E-state index in [1.807, 2.05) is 12.1 Å². The molecular weight excluding hydrogens is 250 g/mol. The van der Waals surface area contributed by atoms with Crippen molar-refractivity contribution < 1.29 is 4.79 Å². The van der Waals surface area contributed by atoms with Gasteiger partial charge < -0.3 is 15.5 Å². The van der Waals surface area contributed by atoms with Crippen molar-refractivity contribution in [1.29, 1.82) is 0 Å². The Labute approximate surface area is 120 Å². The lowest BCUT2D eigenvalue weighted by molar-refractivity contribution is 0.251. The second-order valence-electron chi connectivity index (χ2n) is 5.82. The molecule has 0 radical (unpaired) electrons. The average Bonchev–Trinajstić information content (AvgIpc) is 3.26. The summed E-state index contributed by atoms with van der Waals surface area (Å²) < 4.78 is 0. The Morgan fingerprint density at radius 3 is 2.25 bits per heavy atom. The molecule has 1 aliphatic heterocycles. The Bertz CT molecular complexity index is 445. The minimum absolute atomic E-state index is 0.0879. The van der Waals surface area contributed by atoms with E-state index >= 15 is 0 Å². The summed E-state index contributed by atoms with van der Waals surface area (Å²) in [5, 5.41) is 5.82. The standard InChI is InChI=1S/C16H23N3O/c20-16(17-13-5-6-13)18-14-7-9-15(10-8-14)19-11-3-1-2-4-12-19/h7-10,13H,1-6,11-12H2,(H2,17,18,20). The van der Waals surface area contributed by atoms with Gasteiger partial charge in [-0.15, -0.1) is 0 Å². The van der Waals surface area contributed by atoms with Crippen LogP contribution in [0.1, 0.15) is 38.5 Å². The van der Waals surface area contributed by atoms with Gasteiger partial charge in [0.15, 0.2) is 0 Å². The number of carbonyl (C=O) groups is 1. The van der Waals surface area contributed by atoms with Crippen LogP contribution < -0.4 is 15.5 Å². The van der Waals surface area contributed by atoms with Gasteiger partial charge in [0.05, 0.1) is 0 Å². The third-order valence-corrected chi connectivity index (χ3v) is 4.01. The molecule has 3 rings (SSSR count). The third-order valence-electron chi connectivity index (χ3n) is 4.01. The summed E-state index contributed by atoms with van der Waals surface area (Å²) in [4.78, 5) is 14.1. The number of rotatable bonds is 3. The van der Waals surface area contributed by atoms with E-state index in [-0.39, 0.29) is 6.03 Å². The van der Waals surface area contributed by atoms with Gasteiger partial charge in [-0.2, -0.15) is 0 Å². The first-order valence-corrected chi connectivity index (χ1v) is 7.74. The molecule has 0 atom stereocenters. The lowest BCUT2D eigenvalue weighted by atomic mass is 10.2. The third kappa shape index (κ3) is 3.65. The van der Waals surface area contributed by atoms with Gasteiger partial charge in [-0.3, -0.25) is 0 Å². The first-order valence-electron chi connectivity index (χ1n) is 7.74. The average molecular weight is 273 g/mol. The molecule has 4 nitrogen and oxygen atoms in total. The number of anilines is 2. The number of hydrogen-bond acceptors (Lipinski definition) is 2. The van der Waals surface area contributed by atoms with E-state index in [1.54, 1.807) is 0 Å². The summed E-state index contributed by atoms with van der Waals surface area (Å²) >= 11 is 0. The second-order valence-corrected chi connectivity index (χ2v) is 5.82. The van der Waals surface area contributed by atoms with Gasteiger partial charge in [-0.05, 0) is 49.9 Å². The van der Waals surface area contributed by atoms with Gasteiger partial charge in [0.2, 0.25) is 0 Å². The van der Waals surface area contributed by atoms with E-state index in [9.17, 15) is 4.79 Å². The summed E-state index contributed by atoms with van der Waals surface area (Å²) in [7, 11) is 0. The SMILES string of the molecule is O=C(Nc1ccc(N2CCCCCC2)cc1)NC1CC1. The maximum atomic E-state index is 11.7. The van der Waals surface area contributed by atoms with Crippen molar-refractivity contribution in [2.75, 3.05) is 23.3 Å². The van der Waals surface area contributed by atoms with Crippen LogP contribution in [0.5, 0.6) is 0 Å². The number of benzene rings is 1.